The van der Waals surface area contributed by atoms with Gasteiger partial charge in [0.15, 0.2) is 0 Å². The molecule has 0 saturated carbocycles. The summed E-state index contributed by atoms with van der Waals surface area (Å²) in [7, 11) is 1.65. The highest BCUT2D eigenvalue weighted by Gasteiger charge is 2.24. The van der Waals surface area contributed by atoms with Crippen LogP contribution in [0.4, 0.5) is 0 Å². The molecule has 0 atom stereocenters. The molecule has 30 heavy (non-hydrogen) atoms. The number of aliphatic imine (C=N–C) groups is 1. The number of hydrogen-bond acceptors (Lipinski definition) is 4. The predicted octanol–water partition coefficient (Wildman–Crippen LogP) is 5.51. The lowest BCUT2D eigenvalue weighted by molar-refractivity contribution is 0.102. The SMILES string of the molecule is COc1ccc(CC(C)(C)N=C(OCc2ccccc2)C(=O)c2ccccc2)cc1. The van der Waals surface area contributed by atoms with Crippen LogP contribution in [0, 0.1) is 0 Å². The third-order valence-electron chi connectivity index (χ3n) is 4.65. The zero-order valence-corrected chi connectivity index (χ0v) is 17.7. The van der Waals surface area contributed by atoms with E-state index in [0.717, 1.165) is 16.9 Å². The number of nitrogens with zero attached hydrogens (tertiary/aromatic N) is 1. The van der Waals surface area contributed by atoms with Crippen molar-refractivity contribution >= 4 is 11.7 Å². The van der Waals surface area contributed by atoms with E-state index in [1.807, 2.05) is 86.6 Å². The van der Waals surface area contributed by atoms with Gasteiger partial charge in [0.1, 0.15) is 12.4 Å². The van der Waals surface area contributed by atoms with Gasteiger partial charge in [-0.1, -0.05) is 72.8 Å². The maximum Gasteiger partial charge on any atom is 0.259 e. The Morgan fingerprint density at radius 3 is 2.03 bits per heavy atom. The average molecular weight is 402 g/mol. The highest BCUT2D eigenvalue weighted by atomic mass is 16.5. The molecule has 0 aliphatic rings. The molecule has 4 heteroatoms. The second kappa shape index (κ2) is 9.88. The summed E-state index contributed by atoms with van der Waals surface area (Å²) in [4.78, 5) is 17.9. The number of rotatable bonds is 8. The van der Waals surface area contributed by atoms with Crippen LogP contribution in [0.15, 0.2) is 89.9 Å². The first-order chi connectivity index (χ1) is 14.5. The van der Waals surface area contributed by atoms with Crippen LogP contribution in [0.25, 0.3) is 0 Å². The number of ether oxygens (including phenoxy) is 2. The van der Waals surface area contributed by atoms with Crippen molar-refractivity contribution in [2.45, 2.75) is 32.4 Å². The van der Waals surface area contributed by atoms with Gasteiger partial charge in [-0.15, -0.1) is 0 Å². The zero-order valence-electron chi connectivity index (χ0n) is 17.7. The lowest BCUT2D eigenvalue weighted by Gasteiger charge is -2.22. The number of carbonyl (C=O) groups excluding carboxylic acids is 1. The van der Waals surface area contributed by atoms with Gasteiger partial charge in [0.2, 0.25) is 5.78 Å². The van der Waals surface area contributed by atoms with E-state index in [9.17, 15) is 4.79 Å². The number of Topliss-reactive ketones (excluding diaryl/α,β-unsaturated/α-hetero) is 1. The Kier molecular flexibility index (Phi) is 7.02. The Morgan fingerprint density at radius 1 is 0.833 bits per heavy atom. The van der Waals surface area contributed by atoms with Gasteiger partial charge in [-0.25, -0.2) is 4.99 Å². The molecular weight excluding hydrogens is 374 g/mol. The molecule has 0 radical (unpaired) electrons. The largest absolute Gasteiger partial charge is 0.497 e. The highest BCUT2D eigenvalue weighted by Crippen LogP contribution is 2.21. The molecule has 154 valence electrons. The van der Waals surface area contributed by atoms with Gasteiger partial charge in [-0.05, 0) is 43.5 Å². The van der Waals surface area contributed by atoms with Crippen molar-refractivity contribution in [2.24, 2.45) is 4.99 Å². The summed E-state index contributed by atoms with van der Waals surface area (Å²) in [6, 6.07) is 26.8. The van der Waals surface area contributed by atoms with Gasteiger partial charge in [0.25, 0.3) is 5.90 Å². The van der Waals surface area contributed by atoms with Crippen LogP contribution in [-0.2, 0) is 17.8 Å². The molecule has 0 heterocycles. The summed E-state index contributed by atoms with van der Waals surface area (Å²) in [6.07, 6.45) is 0.664. The van der Waals surface area contributed by atoms with Gasteiger partial charge in [-0.2, -0.15) is 0 Å². The molecule has 0 N–H and O–H groups in total. The van der Waals surface area contributed by atoms with Crippen LogP contribution >= 0.6 is 0 Å². The number of methoxy groups -OCH3 is 1. The minimum atomic E-state index is -0.523. The first-order valence-electron chi connectivity index (χ1n) is 9.96. The molecule has 0 saturated heterocycles. The minimum absolute atomic E-state index is 0.128. The molecule has 0 bridgehead atoms. The van der Waals surface area contributed by atoms with E-state index in [0.29, 0.717) is 12.0 Å². The van der Waals surface area contributed by atoms with Crippen molar-refractivity contribution in [1.82, 2.24) is 0 Å². The minimum Gasteiger partial charge on any atom is -0.497 e. The van der Waals surface area contributed by atoms with Gasteiger partial charge >= 0.3 is 0 Å². The first kappa shape index (κ1) is 21.3. The molecular formula is C26H27NO3. The summed E-state index contributed by atoms with van der Waals surface area (Å²) < 4.78 is 11.2. The Hall–Kier alpha value is -3.40. The van der Waals surface area contributed by atoms with Crippen molar-refractivity contribution in [3.05, 3.63) is 102 Å². The smallest absolute Gasteiger partial charge is 0.259 e. The molecule has 0 aliphatic heterocycles. The van der Waals surface area contributed by atoms with Crippen molar-refractivity contribution in [2.75, 3.05) is 7.11 Å². The molecule has 3 aromatic rings. The van der Waals surface area contributed by atoms with Gasteiger partial charge in [-0.3, -0.25) is 4.79 Å². The van der Waals surface area contributed by atoms with Crippen molar-refractivity contribution in [3.8, 4) is 5.75 Å². The lowest BCUT2D eigenvalue weighted by Crippen LogP contribution is -2.27. The van der Waals surface area contributed by atoms with Crippen LogP contribution < -0.4 is 4.74 Å². The number of carbonyl (C=O) groups is 1. The van der Waals surface area contributed by atoms with Crippen LogP contribution in [0.5, 0.6) is 5.75 Å². The number of benzene rings is 3. The van der Waals surface area contributed by atoms with Crippen LogP contribution in [0.3, 0.4) is 0 Å². The molecule has 3 aromatic carbocycles. The van der Waals surface area contributed by atoms with E-state index in [1.54, 1.807) is 19.2 Å². The van der Waals surface area contributed by atoms with E-state index < -0.39 is 5.54 Å². The Bertz CT molecular complexity index is 978. The van der Waals surface area contributed by atoms with E-state index in [1.165, 1.54) is 0 Å². The Labute approximate surface area is 178 Å². The summed E-state index contributed by atoms with van der Waals surface area (Å²) >= 11 is 0. The van der Waals surface area contributed by atoms with E-state index in [2.05, 4.69) is 0 Å². The summed E-state index contributed by atoms with van der Waals surface area (Å²) in [5.41, 5.74) is 2.13. The lowest BCUT2D eigenvalue weighted by atomic mass is 9.95. The quantitative estimate of drug-likeness (QED) is 0.284. The molecule has 3 rings (SSSR count). The number of ketones is 1. The van der Waals surface area contributed by atoms with Crippen LogP contribution in [0.2, 0.25) is 0 Å². The fourth-order valence-electron chi connectivity index (χ4n) is 3.14. The fraction of sp³-hybridized carbons (Fsp3) is 0.231. The van der Waals surface area contributed by atoms with Crippen LogP contribution in [0.1, 0.15) is 35.3 Å². The average Bonchev–Trinajstić information content (AvgIpc) is 2.77. The second-order valence-corrected chi connectivity index (χ2v) is 7.72. The van der Waals surface area contributed by atoms with Gasteiger partial charge < -0.3 is 9.47 Å². The van der Waals surface area contributed by atoms with Crippen molar-refractivity contribution in [3.63, 3.8) is 0 Å². The molecule has 0 fully saturated rings. The van der Waals surface area contributed by atoms with Crippen LogP contribution in [-0.4, -0.2) is 24.3 Å². The molecule has 0 spiro atoms. The van der Waals surface area contributed by atoms with Gasteiger partial charge in [0, 0.05) is 5.56 Å². The molecule has 4 nitrogen and oxygen atoms in total. The van der Waals surface area contributed by atoms with Crippen molar-refractivity contribution < 1.29 is 14.3 Å². The number of hydrogen-bond donors (Lipinski definition) is 0. The predicted molar refractivity (Wildman–Crippen MR) is 120 cm³/mol. The monoisotopic (exact) mass is 401 g/mol. The highest BCUT2D eigenvalue weighted by molar-refractivity contribution is 6.43. The summed E-state index contributed by atoms with van der Waals surface area (Å²) in [5.74, 6) is 0.726. The van der Waals surface area contributed by atoms with E-state index in [-0.39, 0.29) is 18.3 Å². The molecule has 0 aromatic heterocycles. The normalized spacial score (nSPS) is 11.8. The fourth-order valence-corrected chi connectivity index (χ4v) is 3.14. The Balaban J connectivity index is 1.84. The standard InChI is InChI=1S/C26H27NO3/c1-26(2,18-20-14-16-23(29-3)17-15-20)27-25(24(28)22-12-8-5-9-13-22)30-19-21-10-6-4-7-11-21/h4-17H,18-19H2,1-3H3. The van der Waals surface area contributed by atoms with Crippen molar-refractivity contribution in [1.29, 1.82) is 0 Å². The van der Waals surface area contributed by atoms with E-state index >= 15 is 0 Å². The van der Waals surface area contributed by atoms with Gasteiger partial charge in [0.05, 0.1) is 12.6 Å². The molecule has 0 amide bonds. The second-order valence-electron chi connectivity index (χ2n) is 7.72. The van der Waals surface area contributed by atoms with E-state index in [4.69, 9.17) is 14.5 Å². The third-order valence-corrected chi connectivity index (χ3v) is 4.65. The zero-order chi connectivity index (χ0) is 21.4. The molecule has 0 unspecified atom stereocenters. The summed E-state index contributed by atoms with van der Waals surface area (Å²) in [5, 5.41) is 0. The molecule has 0 aliphatic carbocycles. The Morgan fingerprint density at radius 2 is 1.43 bits per heavy atom. The topological polar surface area (TPSA) is 47.9 Å². The maximum atomic E-state index is 13.1. The summed E-state index contributed by atoms with van der Waals surface area (Å²) in [6.45, 7) is 4.29. The maximum absolute atomic E-state index is 13.1. The third kappa shape index (κ3) is 6.05. The first-order valence-corrected chi connectivity index (χ1v) is 9.96.